The molecule has 3 rings (SSSR count). The molecule has 1 unspecified atom stereocenters. The molecular weight excluding hydrogens is 174 g/mol. The topological polar surface area (TPSA) is 37.1 Å². The van der Waals surface area contributed by atoms with Crippen molar-refractivity contribution in [1.82, 2.24) is 4.31 Å². The summed E-state index contributed by atoms with van der Waals surface area (Å²) in [5.74, 6) is 0. The van der Waals surface area contributed by atoms with Gasteiger partial charge in [0.25, 0.3) is 0 Å². The van der Waals surface area contributed by atoms with E-state index in [2.05, 4.69) is 0 Å². The van der Waals surface area contributed by atoms with Gasteiger partial charge in [-0.3, -0.25) is 0 Å². The van der Waals surface area contributed by atoms with Crippen LogP contribution in [0.2, 0.25) is 0 Å². The number of sulfonamides is 1. The third-order valence-electron chi connectivity index (χ3n) is 3.25. The highest BCUT2D eigenvalue weighted by Gasteiger charge is 2.60. The Hall–Kier alpha value is -0.0900. The number of rotatable bonds is 2. The average molecular weight is 187 g/mol. The summed E-state index contributed by atoms with van der Waals surface area (Å²) in [7, 11) is -2.82. The van der Waals surface area contributed by atoms with Crippen LogP contribution in [0.1, 0.15) is 32.1 Å². The van der Waals surface area contributed by atoms with E-state index in [4.69, 9.17) is 0 Å². The molecule has 1 saturated heterocycles. The summed E-state index contributed by atoms with van der Waals surface area (Å²) >= 11 is 0. The lowest BCUT2D eigenvalue weighted by molar-refractivity contribution is 0.516. The van der Waals surface area contributed by atoms with Crippen LogP contribution >= 0.6 is 0 Å². The molecule has 1 heterocycles. The first-order valence-corrected chi connectivity index (χ1v) is 6.24. The molecule has 0 aromatic rings. The number of nitrogens with zero attached hydrogens (tertiary/aromatic N) is 1. The highest BCUT2D eigenvalue weighted by atomic mass is 32.2. The standard InChI is InChI=1S/C8H13NO2S/c10-12(11,6-4-5-6)9-7-2-1-3-8(7)9/h6-8H,1-5H2/t7-,8+,9?. The van der Waals surface area contributed by atoms with Crippen LogP contribution in [0.25, 0.3) is 0 Å². The molecule has 0 spiro atoms. The van der Waals surface area contributed by atoms with E-state index in [0.717, 1.165) is 25.7 Å². The molecule has 1 aliphatic heterocycles. The third kappa shape index (κ3) is 0.823. The van der Waals surface area contributed by atoms with E-state index in [1.807, 2.05) is 0 Å². The zero-order valence-corrected chi connectivity index (χ0v) is 7.76. The van der Waals surface area contributed by atoms with E-state index in [0.29, 0.717) is 12.1 Å². The highest BCUT2D eigenvalue weighted by Crippen LogP contribution is 2.48. The normalized spacial score (nSPS) is 45.8. The maximum Gasteiger partial charge on any atom is 0.217 e. The van der Waals surface area contributed by atoms with E-state index in [1.165, 1.54) is 6.42 Å². The molecule has 3 fully saturated rings. The summed E-state index contributed by atoms with van der Waals surface area (Å²) < 4.78 is 25.2. The predicted molar refractivity (Wildman–Crippen MR) is 45.2 cm³/mol. The minimum Gasteiger partial charge on any atom is -0.212 e. The van der Waals surface area contributed by atoms with Gasteiger partial charge in [0.1, 0.15) is 0 Å². The molecule has 3 nitrogen and oxygen atoms in total. The fraction of sp³-hybridized carbons (Fsp3) is 1.00. The maximum atomic E-state index is 11.7. The maximum absolute atomic E-state index is 11.7. The Bertz CT molecular complexity index is 297. The number of piperidine rings is 1. The van der Waals surface area contributed by atoms with Crippen molar-refractivity contribution in [2.24, 2.45) is 0 Å². The zero-order valence-electron chi connectivity index (χ0n) is 6.94. The Morgan fingerprint density at radius 3 is 2.08 bits per heavy atom. The molecule has 4 heteroatoms. The summed E-state index contributed by atoms with van der Waals surface area (Å²) in [6, 6.07) is 0.825. The molecule has 0 aromatic heterocycles. The smallest absolute Gasteiger partial charge is 0.212 e. The molecule has 2 saturated carbocycles. The van der Waals surface area contributed by atoms with Crippen LogP contribution in [0.3, 0.4) is 0 Å². The van der Waals surface area contributed by atoms with Gasteiger partial charge in [0.05, 0.1) is 5.25 Å². The van der Waals surface area contributed by atoms with E-state index in [1.54, 1.807) is 4.31 Å². The molecule has 0 N–H and O–H groups in total. The second kappa shape index (κ2) is 2.04. The van der Waals surface area contributed by atoms with Crippen LogP contribution in [0, 0.1) is 0 Å². The lowest BCUT2D eigenvalue weighted by Crippen LogP contribution is -2.21. The first-order chi connectivity index (χ1) is 5.71. The molecule has 0 radical (unpaired) electrons. The summed E-state index contributed by atoms with van der Waals surface area (Å²) in [6.45, 7) is 0. The second-order valence-corrected chi connectivity index (χ2v) is 6.26. The van der Waals surface area contributed by atoms with Gasteiger partial charge in [-0.2, -0.15) is 4.31 Å². The Kier molecular flexibility index (Phi) is 1.25. The van der Waals surface area contributed by atoms with Crippen molar-refractivity contribution in [3.05, 3.63) is 0 Å². The van der Waals surface area contributed by atoms with Gasteiger partial charge in [-0.05, 0) is 25.7 Å². The second-order valence-electron chi connectivity index (χ2n) is 4.14. The van der Waals surface area contributed by atoms with Crippen molar-refractivity contribution in [3.63, 3.8) is 0 Å². The van der Waals surface area contributed by atoms with Gasteiger partial charge in [0.15, 0.2) is 0 Å². The highest BCUT2D eigenvalue weighted by molar-refractivity contribution is 7.90. The molecule has 3 aliphatic rings. The molecular formula is C8H13NO2S. The quantitative estimate of drug-likeness (QED) is 0.597. The van der Waals surface area contributed by atoms with Crippen molar-refractivity contribution in [2.45, 2.75) is 49.4 Å². The lowest BCUT2D eigenvalue weighted by Gasteiger charge is -2.06. The van der Waals surface area contributed by atoms with Gasteiger partial charge in [-0.15, -0.1) is 0 Å². The minimum absolute atomic E-state index is 0.00287. The summed E-state index contributed by atoms with van der Waals surface area (Å²) in [6.07, 6.45) is 5.25. The molecule has 3 atom stereocenters. The minimum atomic E-state index is -2.82. The van der Waals surface area contributed by atoms with Crippen molar-refractivity contribution >= 4 is 10.0 Å². The van der Waals surface area contributed by atoms with Gasteiger partial charge in [-0.1, -0.05) is 6.42 Å². The first-order valence-electron chi connectivity index (χ1n) is 4.73. The van der Waals surface area contributed by atoms with E-state index >= 15 is 0 Å². The van der Waals surface area contributed by atoms with Crippen molar-refractivity contribution in [2.75, 3.05) is 0 Å². The Morgan fingerprint density at radius 1 is 1.00 bits per heavy atom. The van der Waals surface area contributed by atoms with Crippen LogP contribution in [0.15, 0.2) is 0 Å². The van der Waals surface area contributed by atoms with Crippen molar-refractivity contribution in [1.29, 1.82) is 0 Å². The number of fused-ring (bicyclic) bond motifs is 1. The van der Waals surface area contributed by atoms with Crippen LogP contribution in [0.5, 0.6) is 0 Å². The Morgan fingerprint density at radius 2 is 1.58 bits per heavy atom. The SMILES string of the molecule is O=S(=O)(C1CC1)N1[C@@H]2CCC[C@@H]21. The fourth-order valence-corrected chi connectivity index (χ4v) is 4.67. The van der Waals surface area contributed by atoms with Gasteiger partial charge in [-0.25, -0.2) is 8.42 Å². The predicted octanol–water partition coefficient (Wildman–Crippen LogP) is 0.715. The Labute approximate surface area is 72.8 Å². The van der Waals surface area contributed by atoms with Crippen molar-refractivity contribution in [3.8, 4) is 0 Å². The summed E-state index contributed by atoms with van der Waals surface area (Å²) in [5.41, 5.74) is 0. The zero-order chi connectivity index (χ0) is 8.34. The van der Waals surface area contributed by atoms with Crippen LogP contribution < -0.4 is 0 Å². The third-order valence-corrected chi connectivity index (χ3v) is 5.69. The largest absolute Gasteiger partial charge is 0.217 e. The Balaban J connectivity index is 1.83. The van der Waals surface area contributed by atoms with Gasteiger partial charge in [0, 0.05) is 12.1 Å². The van der Waals surface area contributed by atoms with Crippen LogP contribution in [-0.2, 0) is 10.0 Å². The average Bonchev–Trinajstić information content (AvgIpc) is 2.90. The van der Waals surface area contributed by atoms with Gasteiger partial charge in [0.2, 0.25) is 10.0 Å². The molecule has 0 aromatic carbocycles. The first kappa shape index (κ1) is 7.33. The number of hydrogen-bond acceptors (Lipinski definition) is 2. The van der Waals surface area contributed by atoms with Crippen LogP contribution in [0.4, 0.5) is 0 Å². The summed E-state index contributed by atoms with van der Waals surface area (Å²) in [4.78, 5) is 0. The lowest BCUT2D eigenvalue weighted by atomic mass is 10.3. The molecule has 68 valence electrons. The van der Waals surface area contributed by atoms with Gasteiger partial charge >= 0.3 is 0 Å². The molecule has 0 amide bonds. The molecule has 2 aliphatic carbocycles. The van der Waals surface area contributed by atoms with E-state index < -0.39 is 10.0 Å². The van der Waals surface area contributed by atoms with E-state index in [-0.39, 0.29) is 5.25 Å². The van der Waals surface area contributed by atoms with Gasteiger partial charge < -0.3 is 0 Å². The molecule has 12 heavy (non-hydrogen) atoms. The number of hydrogen-bond donors (Lipinski definition) is 0. The fourth-order valence-electron chi connectivity index (χ4n) is 2.40. The van der Waals surface area contributed by atoms with Crippen LogP contribution in [-0.4, -0.2) is 30.1 Å². The monoisotopic (exact) mass is 187 g/mol. The summed E-state index contributed by atoms with van der Waals surface area (Å²) in [5, 5.41) is 0.00287. The van der Waals surface area contributed by atoms with Crippen molar-refractivity contribution < 1.29 is 8.42 Å². The van der Waals surface area contributed by atoms with E-state index in [9.17, 15) is 8.42 Å². The molecule has 0 bridgehead atoms.